The van der Waals surface area contributed by atoms with Gasteiger partial charge in [0.2, 0.25) is 5.96 Å². The van der Waals surface area contributed by atoms with Crippen LogP contribution in [0, 0.1) is 0 Å². The van der Waals surface area contributed by atoms with Crippen LogP contribution >= 0.6 is 35.6 Å². The van der Waals surface area contributed by atoms with Crippen LogP contribution in [0.2, 0.25) is 10.0 Å². The molecule has 5 nitrogen and oxygen atoms in total. The summed E-state index contributed by atoms with van der Waals surface area (Å²) in [6.07, 6.45) is 7.45. The van der Waals surface area contributed by atoms with Gasteiger partial charge in [-0.05, 0) is 24.1 Å². The van der Waals surface area contributed by atoms with Gasteiger partial charge in [-0.3, -0.25) is 0 Å². The number of nitrogens with zero attached hydrogens (tertiary/aromatic N) is 3. The van der Waals surface area contributed by atoms with E-state index in [1.165, 1.54) is 32.1 Å². The van der Waals surface area contributed by atoms with Gasteiger partial charge < -0.3 is 16.4 Å². The summed E-state index contributed by atoms with van der Waals surface area (Å²) < 4.78 is 0. The molecule has 0 saturated heterocycles. The number of unbranched alkanes of at least 4 members (excludes halogenated alkanes) is 5. The number of aliphatic imine (C=N–C) groups is 2. The molecule has 4 N–H and O–H groups in total. The van der Waals surface area contributed by atoms with E-state index in [1.807, 2.05) is 18.0 Å². The molecule has 1 rings (SSSR count). The zero-order chi connectivity index (χ0) is 18.7. The molecule has 1 aromatic rings. The summed E-state index contributed by atoms with van der Waals surface area (Å²) in [6, 6.07) is 5.35. The lowest BCUT2D eigenvalue weighted by Crippen LogP contribution is -2.36. The van der Waals surface area contributed by atoms with Crippen molar-refractivity contribution in [3.8, 4) is 0 Å². The number of guanidine groups is 2. The third-order valence-corrected chi connectivity index (χ3v) is 4.61. The van der Waals surface area contributed by atoms with Gasteiger partial charge in [-0.2, -0.15) is 4.99 Å². The van der Waals surface area contributed by atoms with Crippen molar-refractivity contribution in [3.05, 3.63) is 33.8 Å². The van der Waals surface area contributed by atoms with Crippen LogP contribution < -0.4 is 11.5 Å². The van der Waals surface area contributed by atoms with Crippen LogP contribution in [0.4, 0.5) is 0 Å². The summed E-state index contributed by atoms with van der Waals surface area (Å²) in [5, 5.41) is 1.01. The van der Waals surface area contributed by atoms with Crippen molar-refractivity contribution < 1.29 is 0 Å². The minimum absolute atomic E-state index is 0. The Kier molecular flexibility index (Phi) is 13.3. The van der Waals surface area contributed by atoms with Crippen molar-refractivity contribution in [2.75, 3.05) is 13.6 Å². The normalized spacial score (nSPS) is 12.0. The Morgan fingerprint density at radius 3 is 2.35 bits per heavy atom. The maximum Gasteiger partial charge on any atom is 0.218 e. The summed E-state index contributed by atoms with van der Waals surface area (Å²) in [5.41, 5.74) is 12.7. The molecule has 0 fully saturated rings. The molecule has 148 valence electrons. The van der Waals surface area contributed by atoms with Crippen molar-refractivity contribution in [1.29, 1.82) is 0 Å². The van der Waals surface area contributed by atoms with Gasteiger partial charge in [-0.25, -0.2) is 4.99 Å². The van der Waals surface area contributed by atoms with E-state index in [0.29, 0.717) is 22.5 Å². The third-order valence-electron chi connectivity index (χ3n) is 3.87. The predicted octanol–water partition coefficient (Wildman–Crippen LogP) is 4.84. The number of benzene rings is 1. The van der Waals surface area contributed by atoms with Crippen molar-refractivity contribution in [1.82, 2.24) is 4.90 Å². The Balaban J connectivity index is 0.00000625. The Morgan fingerprint density at radius 1 is 1.04 bits per heavy atom. The van der Waals surface area contributed by atoms with Crippen LogP contribution in [-0.2, 0) is 6.54 Å². The summed E-state index contributed by atoms with van der Waals surface area (Å²) >= 11 is 11.9. The number of rotatable bonds is 9. The van der Waals surface area contributed by atoms with Crippen LogP contribution in [0.15, 0.2) is 28.2 Å². The molecule has 1 aromatic carbocycles. The fraction of sp³-hybridized carbons (Fsp3) is 0.556. The quantitative estimate of drug-likeness (QED) is 0.339. The Labute approximate surface area is 173 Å². The van der Waals surface area contributed by atoms with Crippen LogP contribution in [0.25, 0.3) is 0 Å². The van der Waals surface area contributed by atoms with E-state index in [1.54, 1.807) is 12.1 Å². The lowest BCUT2D eigenvalue weighted by molar-refractivity contribution is 0.462. The number of hydrogen-bond acceptors (Lipinski definition) is 1. The highest BCUT2D eigenvalue weighted by atomic mass is 35.5. The maximum absolute atomic E-state index is 5.98. The maximum atomic E-state index is 5.98. The highest BCUT2D eigenvalue weighted by molar-refractivity contribution is 6.42. The molecule has 0 radical (unpaired) electrons. The van der Waals surface area contributed by atoms with Gasteiger partial charge in [0.25, 0.3) is 0 Å². The number of hydrogen-bond donors (Lipinski definition) is 2. The van der Waals surface area contributed by atoms with E-state index in [-0.39, 0.29) is 18.4 Å². The summed E-state index contributed by atoms with van der Waals surface area (Å²) in [7, 11) is 1.91. The van der Waals surface area contributed by atoms with Crippen molar-refractivity contribution in [3.63, 3.8) is 0 Å². The first kappa shape index (κ1) is 24.8. The van der Waals surface area contributed by atoms with E-state index in [2.05, 4.69) is 16.9 Å². The molecule has 0 aromatic heterocycles. The first-order valence-corrected chi connectivity index (χ1v) is 9.48. The van der Waals surface area contributed by atoms with Crippen LogP contribution in [-0.4, -0.2) is 30.4 Å². The van der Waals surface area contributed by atoms with Gasteiger partial charge in [0.05, 0.1) is 16.6 Å². The molecule has 0 bridgehead atoms. The molecule has 0 spiro atoms. The topological polar surface area (TPSA) is 80.0 Å². The zero-order valence-electron chi connectivity index (χ0n) is 15.5. The second-order valence-corrected chi connectivity index (χ2v) is 6.90. The highest BCUT2D eigenvalue weighted by Crippen LogP contribution is 2.22. The summed E-state index contributed by atoms with van der Waals surface area (Å²) in [6.45, 7) is 3.46. The van der Waals surface area contributed by atoms with Crippen molar-refractivity contribution in [2.45, 2.75) is 52.0 Å². The van der Waals surface area contributed by atoms with E-state index >= 15 is 0 Å². The molecular formula is C18H30Cl3N5. The standard InChI is InChI=1S/C18H29Cl2N5.ClH/c1-3-4-5-6-7-8-11-25(2)18(22)24-17(21)23-13-14-9-10-15(19)16(20)12-14;/h9-10,12H,3-8,11,13H2,1-2H3,(H4,21,22,23,24);1H. The van der Waals surface area contributed by atoms with E-state index in [9.17, 15) is 0 Å². The second-order valence-electron chi connectivity index (χ2n) is 6.08. The molecule has 26 heavy (non-hydrogen) atoms. The summed E-state index contributed by atoms with van der Waals surface area (Å²) in [5.74, 6) is 0.530. The number of nitrogens with two attached hydrogens (primary N) is 2. The fourth-order valence-electron chi connectivity index (χ4n) is 2.29. The van der Waals surface area contributed by atoms with Gasteiger partial charge >= 0.3 is 0 Å². The molecule has 0 heterocycles. The fourth-order valence-corrected chi connectivity index (χ4v) is 2.61. The van der Waals surface area contributed by atoms with Gasteiger partial charge in [-0.1, -0.05) is 68.3 Å². The Hall–Kier alpha value is -1.17. The van der Waals surface area contributed by atoms with Crippen molar-refractivity contribution >= 4 is 47.5 Å². The van der Waals surface area contributed by atoms with Crippen LogP contribution in [0.5, 0.6) is 0 Å². The lowest BCUT2D eigenvalue weighted by atomic mass is 10.1. The van der Waals surface area contributed by atoms with Crippen LogP contribution in [0.1, 0.15) is 51.0 Å². The minimum atomic E-state index is 0. The monoisotopic (exact) mass is 421 g/mol. The second kappa shape index (κ2) is 14.0. The smallest absolute Gasteiger partial charge is 0.218 e. The van der Waals surface area contributed by atoms with E-state index in [4.69, 9.17) is 34.7 Å². The lowest BCUT2D eigenvalue weighted by Gasteiger charge is -2.17. The van der Waals surface area contributed by atoms with Crippen molar-refractivity contribution in [2.24, 2.45) is 21.5 Å². The molecular weight excluding hydrogens is 393 g/mol. The average Bonchev–Trinajstić information content (AvgIpc) is 2.58. The molecule has 0 aliphatic carbocycles. The largest absolute Gasteiger partial charge is 0.369 e. The first-order chi connectivity index (χ1) is 11.9. The molecule has 0 aliphatic heterocycles. The number of halogens is 3. The first-order valence-electron chi connectivity index (χ1n) is 8.73. The Bertz CT molecular complexity index is 590. The molecule has 0 amide bonds. The van der Waals surface area contributed by atoms with Gasteiger partial charge in [0.15, 0.2) is 5.96 Å². The van der Waals surface area contributed by atoms with E-state index in [0.717, 1.165) is 18.5 Å². The zero-order valence-corrected chi connectivity index (χ0v) is 17.9. The predicted molar refractivity (Wildman–Crippen MR) is 117 cm³/mol. The highest BCUT2D eigenvalue weighted by Gasteiger charge is 2.03. The van der Waals surface area contributed by atoms with Gasteiger partial charge in [0.1, 0.15) is 0 Å². The molecule has 0 unspecified atom stereocenters. The van der Waals surface area contributed by atoms with Gasteiger partial charge in [-0.15, -0.1) is 12.4 Å². The average molecular weight is 423 g/mol. The molecule has 0 atom stereocenters. The minimum Gasteiger partial charge on any atom is -0.369 e. The molecule has 0 aliphatic rings. The third kappa shape index (κ3) is 10.1. The molecule has 0 saturated carbocycles. The SMILES string of the molecule is CCCCCCCCN(C)C(N)=NC(N)=NCc1ccc(Cl)c(Cl)c1.Cl. The van der Waals surface area contributed by atoms with E-state index < -0.39 is 0 Å². The van der Waals surface area contributed by atoms with Gasteiger partial charge in [0, 0.05) is 13.6 Å². The van der Waals surface area contributed by atoms with Crippen LogP contribution in [0.3, 0.4) is 0 Å². The Morgan fingerprint density at radius 2 is 1.69 bits per heavy atom. The molecule has 8 heteroatoms. The summed E-state index contributed by atoms with van der Waals surface area (Å²) in [4.78, 5) is 10.3.